The summed E-state index contributed by atoms with van der Waals surface area (Å²) >= 11 is 0. The Kier molecular flexibility index (Phi) is 12.5. The minimum atomic E-state index is 0.0824. The molecule has 1 fully saturated rings. The normalized spacial score (nSPS) is 15.1. The number of anilines is 1. The largest absolute Gasteiger partial charge is 0.383 e. The highest BCUT2D eigenvalue weighted by Gasteiger charge is 2.25. The van der Waals surface area contributed by atoms with Crippen LogP contribution in [0.1, 0.15) is 52.5 Å². The molecule has 2 rings (SSSR count). The molecule has 1 aromatic rings. The zero-order chi connectivity index (χ0) is 27.4. The van der Waals surface area contributed by atoms with E-state index < -0.39 is 0 Å². The number of guanidine groups is 1. The van der Waals surface area contributed by atoms with Crippen molar-refractivity contribution in [3.05, 3.63) is 47.6 Å². The quantitative estimate of drug-likeness (QED) is 0.159. The van der Waals surface area contributed by atoms with E-state index in [1.165, 1.54) is 5.57 Å². The summed E-state index contributed by atoms with van der Waals surface area (Å²) in [5, 5.41) is 6.59. The van der Waals surface area contributed by atoms with Crippen LogP contribution in [0.15, 0.2) is 52.0 Å². The van der Waals surface area contributed by atoms with Crippen LogP contribution < -0.4 is 16.4 Å². The Balaban J connectivity index is 1.80. The number of aliphatic imine (C=N–C) groups is 2. The Morgan fingerprint density at radius 3 is 2.59 bits per heavy atom. The first kappa shape index (κ1) is 30.3. The number of piperidine rings is 1. The van der Waals surface area contributed by atoms with Crippen molar-refractivity contribution in [2.75, 3.05) is 45.1 Å². The van der Waals surface area contributed by atoms with Crippen molar-refractivity contribution in [3.63, 3.8) is 0 Å². The van der Waals surface area contributed by atoms with Gasteiger partial charge >= 0.3 is 0 Å². The minimum Gasteiger partial charge on any atom is -0.383 e. The summed E-state index contributed by atoms with van der Waals surface area (Å²) in [5.74, 6) is 0.419. The maximum absolute atomic E-state index is 12.7. The summed E-state index contributed by atoms with van der Waals surface area (Å²) in [6.07, 6.45) is 4.79. The molecule has 0 unspecified atom stereocenters. The number of carbonyl (C=O) groups excluding carboxylic acids is 1. The number of carbonyl (C=O) groups is 1. The Labute approximate surface area is 223 Å². The molecule has 0 aliphatic carbocycles. The van der Waals surface area contributed by atoms with Crippen LogP contribution in [-0.2, 0) is 11.3 Å². The van der Waals surface area contributed by atoms with Gasteiger partial charge in [-0.25, -0.2) is 9.98 Å². The van der Waals surface area contributed by atoms with E-state index in [-0.39, 0.29) is 17.8 Å². The van der Waals surface area contributed by atoms with Gasteiger partial charge in [0.25, 0.3) is 0 Å². The number of rotatable bonds is 13. The third-order valence-electron chi connectivity index (χ3n) is 6.18. The molecule has 0 radical (unpaired) electrons. The van der Waals surface area contributed by atoms with E-state index in [9.17, 15) is 4.79 Å². The Morgan fingerprint density at radius 1 is 1.27 bits per heavy atom. The van der Waals surface area contributed by atoms with Crippen LogP contribution in [0.3, 0.4) is 0 Å². The first-order valence-corrected chi connectivity index (χ1v) is 13.3. The lowest BCUT2D eigenvalue weighted by molar-refractivity contribution is -0.126. The lowest BCUT2D eigenvalue weighted by Crippen LogP contribution is -2.40. The van der Waals surface area contributed by atoms with Gasteiger partial charge in [0.05, 0.1) is 5.69 Å². The monoisotopic (exact) mass is 509 g/mol. The Bertz CT molecular complexity index is 970. The molecule has 0 atom stereocenters. The van der Waals surface area contributed by atoms with Gasteiger partial charge in [0.15, 0.2) is 0 Å². The predicted molar refractivity (Wildman–Crippen MR) is 158 cm³/mol. The zero-order valence-electron chi connectivity index (χ0n) is 23.5. The molecule has 8 nitrogen and oxygen atoms in total. The lowest BCUT2D eigenvalue weighted by Gasteiger charge is -2.31. The van der Waals surface area contributed by atoms with Gasteiger partial charge in [0.1, 0.15) is 0 Å². The Hall–Kier alpha value is -2.97. The molecule has 204 valence electrons. The van der Waals surface area contributed by atoms with Gasteiger partial charge in [-0.3, -0.25) is 9.69 Å². The average molecular weight is 510 g/mol. The SMILES string of the molecule is C=NC(N)=Nc1cc(CN2CCC(C(=O)NCCCN(C)CC(=C)C=C(C)C)CC2)cc(NC(C)C)c1. The summed E-state index contributed by atoms with van der Waals surface area (Å²) in [6, 6.07) is 6.46. The third kappa shape index (κ3) is 11.7. The fourth-order valence-electron chi connectivity index (χ4n) is 4.61. The number of allylic oxidation sites excluding steroid dienone is 1. The number of benzene rings is 1. The number of hydrogen-bond donors (Lipinski definition) is 3. The van der Waals surface area contributed by atoms with Crippen molar-refractivity contribution >= 4 is 30.0 Å². The smallest absolute Gasteiger partial charge is 0.223 e. The van der Waals surface area contributed by atoms with Crippen LogP contribution in [-0.4, -0.2) is 74.2 Å². The summed E-state index contributed by atoms with van der Waals surface area (Å²) in [6.45, 7) is 21.0. The van der Waals surface area contributed by atoms with Gasteiger partial charge in [-0.1, -0.05) is 18.2 Å². The zero-order valence-corrected chi connectivity index (χ0v) is 23.5. The highest BCUT2D eigenvalue weighted by atomic mass is 16.1. The van der Waals surface area contributed by atoms with Gasteiger partial charge in [-0.2, -0.15) is 0 Å². The van der Waals surface area contributed by atoms with Crippen molar-refractivity contribution in [1.29, 1.82) is 0 Å². The molecular formula is C29H47N7O. The van der Waals surface area contributed by atoms with E-state index in [0.717, 1.165) is 74.5 Å². The summed E-state index contributed by atoms with van der Waals surface area (Å²) in [4.78, 5) is 25.4. The predicted octanol–water partition coefficient (Wildman–Crippen LogP) is 4.33. The molecular weight excluding hydrogens is 462 g/mol. The highest BCUT2D eigenvalue weighted by Crippen LogP contribution is 2.25. The molecule has 0 aromatic heterocycles. The van der Waals surface area contributed by atoms with Gasteiger partial charge in [-0.15, -0.1) is 0 Å². The van der Waals surface area contributed by atoms with E-state index in [1.807, 2.05) is 12.1 Å². The molecule has 1 aromatic carbocycles. The number of amides is 1. The van der Waals surface area contributed by atoms with E-state index in [1.54, 1.807) is 0 Å². The van der Waals surface area contributed by atoms with E-state index >= 15 is 0 Å². The van der Waals surface area contributed by atoms with E-state index in [2.05, 4.69) is 90.6 Å². The second-order valence-corrected chi connectivity index (χ2v) is 10.6. The van der Waals surface area contributed by atoms with Gasteiger partial charge in [0, 0.05) is 37.3 Å². The topological polar surface area (TPSA) is 98.3 Å². The molecule has 4 N–H and O–H groups in total. The van der Waals surface area contributed by atoms with Gasteiger partial charge in [-0.05, 0) is 110 Å². The molecule has 1 aliphatic heterocycles. The summed E-state index contributed by atoms with van der Waals surface area (Å²) in [7, 11) is 2.09. The molecule has 1 heterocycles. The van der Waals surface area contributed by atoms with Crippen LogP contribution >= 0.6 is 0 Å². The van der Waals surface area contributed by atoms with E-state index in [0.29, 0.717) is 12.6 Å². The molecule has 8 heteroatoms. The number of nitrogens with two attached hydrogens (primary N) is 1. The average Bonchev–Trinajstić information content (AvgIpc) is 2.81. The summed E-state index contributed by atoms with van der Waals surface area (Å²) < 4.78 is 0. The van der Waals surface area contributed by atoms with E-state index in [4.69, 9.17) is 5.73 Å². The first-order chi connectivity index (χ1) is 17.5. The van der Waals surface area contributed by atoms with Crippen LogP contribution in [0.25, 0.3) is 0 Å². The van der Waals surface area contributed by atoms with Crippen LogP contribution in [0.2, 0.25) is 0 Å². The standard InChI is InChI=1S/C29H47N7O/c1-21(2)15-23(5)19-35(7)12-8-11-32-28(37)25-9-13-36(14-10-25)20-24-16-26(33-22(3)4)18-27(17-24)34-29(30)31-6/h15-18,22,25,33H,5-6,8-14,19-20H2,1-4,7H3,(H2,30,34)(H,32,37). The second-order valence-electron chi connectivity index (χ2n) is 10.6. The fourth-order valence-corrected chi connectivity index (χ4v) is 4.61. The molecule has 0 saturated carbocycles. The molecule has 1 aliphatic rings. The van der Waals surface area contributed by atoms with Crippen LogP contribution in [0, 0.1) is 5.92 Å². The lowest BCUT2D eigenvalue weighted by atomic mass is 9.95. The molecule has 37 heavy (non-hydrogen) atoms. The van der Waals surface area contributed by atoms with Crippen LogP contribution in [0.4, 0.5) is 11.4 Å². The molecule has 1 amide bonds. The number of nitrogens with one attached hydrogen (secondary N) is 2. The maximum atomic E-state index is 12.7. The van der Waals surface area contributed by atoms with Crippen molar-refractivity contribution in [3.8, 4) is 0 Å². The second kappa shape index (κ2) is 15.3. The van der Waals surface area contributed by atoms with Crippen LogP contribution in [0.5, 0.6) is 0 Å². The number of likely N-dealkylation sites (N-methyl/N-ethyl adjacent to an activating group) is 1. The Morgan fingerprint density at radius 2 is 1.97 bits per heavy atom. The third-order valence-corrected chi connectivity index (χ3v) is 6.18. The molecule has 0 bridgehead atoms. The van der Waals surface area contributed by atoms with Crippen molar-refractivity contribution in [2.24, 2.45) is 21.6 Å². The maximum Gasteiger partial charge on any atom is 0.223 e. The van der Waals surface area contributed by atoms with Crippen molar-refractivity contribution in [2.45, 2.75) is 59.5 Å². The number of nitrogens with zero attached hydrogens (tertiary/aromatic N) is 4. The molecule has 1 saturated heterocycles. The minimum absolute atomic E-state index is 0.0824. The van der Waals surface area contributed by atoms with Gasteiger partial charge < -0.3 is 21.3 Å². The molecule has 0 spiro atoms. The first-order valence-electron chi connectivity index (χ1n) is 13.3. The van der Waals surface area contributed by atoms with Gasteiger partial charge in [0.2, 0.25) is 11.9 Å². The number of hydrogen-bond acceptors (Lipinski definition) is 5. The van der Waals surface area contributed by atoms with Crippen molar-refractivity contribution < 1.29 is 4.79 Å². The summed E-state index contributed by atoms with van der Waals surface area (Å²) in [5.41, 5.74) is 11.1. The fraction of sp³-hybridized carbons (Fsp3) is 0.552. The number of likely N-dealkylation sites (tertiary alicyclic amines) is 1. The van der Waals surface area contributed by atoms with Crippen molar-refractivity contribution in [1.82, 2.24) is 15.1 Å². The highest BCUT2D eigenvalue weighted by molar-refractivity contribution is 5.85.